The molecule has 1 N–H and O–H groups in total. The highest BCUT2D eigenvalue weighted by molar-refractivity contribution is 6.12. The number of nitrogens with one attached hydrogen (secondary N) is 1. The van der Waals surface area contributed by atoms with Crippen LogP contribution < -0.4 is 5.32 Å². The van der Waals surface area contributed by atoms with Gasteiger partial charge in [0.25, 0.3) is 0 Å². The third-order valence-electron chi connectivity index (χ3n) is 15.3. The summed E-state index contributed by atoms with van der Waals surface area (Å²) in [4.78, 5) is 5.51. The number of allylic oxidation sites excluding steroid dienone is 4. The molecule has 7 aromatic rings. The number of fused-ring (bicyclic) bond motifs is 8. The lowest BCUT2D eigenvalue weighted by molar-refractivity contribution is 0.233. The zero-order valence-electron chi connectivity index (χ0n) is 36.2. The molecule has 1 heterocycles. The molecule has 1 aliphatic heterocycles. The van der Waals surface area contributed by atoms with Gasteiger partial charge in [0.15, 0.2) is 0 Å². The molecule has 4 aliphatic carbocycles. The van der Waals surface area contributed by atoms with Crippen molar-refractivity contribution >= 4 is 22.7 Å². The van der Waals surface area contributed by atoms with Gasteiger partial charge in [-0.3, -0.25) is 0 Å². The average Bonchev–Trinajstić information content (AvgIpc) is 3.74. The maximum absolute atomic E-state index is 5.51. The lowest BCUT2D eigenvalue weighted by Gasteiger charge is -2.42. The molecule has 3 unspecified atom stereocenters. The number of rotatable bonds is 6. The van der Waals surface area contributed by atoms with Crippen molar-refractivity contribution in [1.82, 2.24) is 5.32 Å². The molecule has 0 amide bonds. The topological polar surface area (TPSA) is 24.4 Å². The van der Waals surface area contributed by atoms with Crippen molar-refractivity contribution in [3.63, 3.8) is 0 Å². The van der Waals surface area contributed by atoms with Crippen molar-refractivity contribution in [2.24, 2.45) is 10.9 Å². The Hall–Kier alpha value is -6.77. The van der Waals surface area contributed by atoms with Gasteiger partial charge in [-0.05, 0) is 97.2 Å². The first-order valence-electron chi connectivity index (χ1n) is 23.1. The van der Waals surface area contributed by atoms with E-state index in [2.05, 4.69) is 213 Å². The predicted molar refractivity (Wildman–Crippen MR) is 262 cm³/mol. The van der Waals surface area contributed by atoms with Crippen LogP contribution in [-0.4, -0.2) is 5.71 Å². The van der Waals surface area contributed by atoms with Gasteiger partial charge in [-0.25, -0.2) is 4.99 Å². The van der Waals surface area contributed by atoms with E-state index in [1.165, 1.54) is 82.2 Å². The van der Waals surface area contributed by atoms with Gasteiger partial charge in [-0.1, -0.05) is 221 Å². The van der Waals surface area contributed by atoms with Crippen molar-refractivity contribution in [3.05, 3.63) is 244 Å². The summed E-state index contributed by atoms with van der Waals surface area (Å²) in [6.45, 7) is 4.90. The van der Waals surface area contributed by atoms with E-state index in [1.54, 1.807) is 11.1 Å². The molecule has 1 fully saturated rings. The summed E-state index contributed by atoms with van der Waals surface area (Å²) >= 11 is 0. The highest BCUT2D eigenvalue weighted by Crippen LogP contribution is 2.64. The Labute approximate surface area is 372 Å². The van der Waals surface area contributed by atoms with E-state index in [0.717, 1.165) is 33.8 Å². The summed E-state index contributed by atoms with van der Waals surface area (Å²) in [5.74, 6) is 0.954. The molecule has 3 atom stereocenters. The Kier molecular flexibility index (Phi) is 9.01. The lowest BCUT2D eigenvalue weighted by Crippen LogP contribution is -2.35. The van der Waals surface area contributed by atoms with E-state index >= 15 is 0 Å². The second kappa shape index (κ2) is 15.0. The van der Waals surface area contributed by atoms with Crippen molar-refractivity contribution in [2.75, 3.05) is 0 Å². The van der Waals surface area contributed by atoms with E-state index < -0.39 is 0 Å². The first-order valence-corrected chi connectivity index (χ1v) is 23.1. The van der Waals surface area contributed by atoms with E-state index in [-0.39, 0.29) is 16.9 Å². The number of benzene rings is 7. The van der Waals surface area contributed by atoms with Crippen LogP contribution in [0.5, 0.6) is 0 Å². The minimum Gasteiger partial charge on any atom is -0.370 e. The fourth-order valence-electron chi connectivity index (χ4n) is 12.2. The van der Waals surface area contributed by atoms with Gasteiger partial charge >= 0.3 is 0 Å². The Bertz CT molecular complexity index is 3010. The average molecular weight is 813 g/mol. The van der Waals surface area contributed by atoms with Gasteiger partial charge in [0.05, 0.1) is 23.1 Å². The van der Waals surface area contributed by atoms with Crippen LogP contribution >= 0.6 is 0 Å². The molecular formula is C61H52N2. The fraction of sp³-hybridized carbons (Fsp3) is 0.197. The highest BCUT2D eigenvalue weighted by atomic mass is 15.0. The molecule has 12 rings (SSSR count). The van der Waals surface area contributed by atoms with Crippen LogP contribution in [0.1, 0.15) is 102 Å². The second-order valence-electron chi connectivity index (χ2n) is 19.0. The summed E-state index contributed by atoms with van der Waals surface area (Å²) < 4.78 is 0. The third-order valence-corrected chi connectivity index (χ3v) is 15.3. The Balaban J connectivity index is 0.928. The normalized spacial score (nSPS) is 21.3. The van der Waals surface area contributed by atoms with Crippen molar-refractivity contribution in [1.29, 1.82) is 0 Å². The third kappa shape index (κ3) is 6.10. The molecule has 306 valence electrons. The van der Waals surface area contributed by atoms with Crippen molar-refractivity contribution in [3.8, 4) is 22.3 Å². The number of hydrogen-bond donors (Lipinski definition) is 1. The van der Waals surface area contributed by atoms with Crippen LogP contribution in [0.2, 0.25) is 0 Å². The van der Waals surface area contributed by atoms with Crippen molar-refractivity contribution < 1.29 is 0 Å². The maximum atomic E-state index is 5.51. The molecule has 0 aromatic heterocycles. The minimum absolute atomic E-state index is 0.0707. The van der Waals surface area contributed by atoms with Gasteiger partial charge in [-0.2, -0.15) is 0 Å². The summed E-state index contributed by atoms with van der Waals surface area (Å²) in [6, 6.07) is 66.6. The highest BCUT2D eigenvalue weighted by Gasteiger charge is 2.54. The first-order chi connectivity index (χ1) is 31.0. The fourth-order valence-corrected chi connectivity index (χ4v) is 12.2. The van der Waals surface area contributed by atoms with Crippen molar-refractivity contribution in [2.45, 2.75) is 68.7 Å². The van der Waals surface area contributed by atoms with E-state index in [9.17, 15) is 0 Å². The molecule has 0 saturated heterocycles. The van der Waals surface area contributed by atoms with Gasteiger partial charge < -0.3 is 5.32 Å². The van der Waals surface area contributed by atoms with E-state index in [4.69, 9.17) is 4.99 Å². The van der Waals surface area contributed by atoms with Gasteiger partial charge in [0, 0.05) is 22.3 Å². The van der Waals surface area contributed by atoms with Crippen LogP contribution in [0, 0.1) is 5.92 Å². The predicted octanol–water partition coefficient (Wildman–Crippen LogP) is 14.9. The molecule has 5 aliphatic rings. The lowest BCUT2D eigenvalue weighted by atomic mass is 9.62. The summed E-state index contributed by atoms with van der Waals surface area (Å²) in [7, 11) is 0. The molecule has 0 bridgehead atoms. The van der Waals surface area contributed by atoms with Crippen LogP contribution in [0.3, 0.4) is 0 Å². The maximum Gasteiger partial charge on any atom is 0.0947 e. The molecule has 0 radical (unpaired) electrons. The Morgan fingerprint density at radius 2 is 1.14 bits per heavy atom. The number of aliphatic imine (C=N–C) groups is 1. The van der Waals surface area contributed by atoms with Crippen LogP contribution in [0.25, 0.3) is 39.2 Å². The molecule has 2 heteroatoms. The summed E-state index contributed by atoms with van der Waals surface area (Å²) in [6.07, 6.45) is 12.1. The Morgan fingerprint density at radius 3 is 1.90 bits per heavy atom. The van der Waals surface area contributed by atoms with Crippen LogP contribution in [0.15, 0.2) is 205 Å². The molecule has 1 spiro atoms. The van der Waals surface area contributed by atoms with Gasteiger partial charge in [0.2, 0.25) is 0 Å². The van der Waals surface area contributed by atoms with E-state index in [1.807, 2.05) is 0 Å². The molecular weight excluding hydrogens is 761 g/mol. The molecule has 1 saturated carbocycles. The van der Waals surface area contributed by atoms with Gasteiger partial charge in [-0.15, -0.1) is 0 Å². The zero-order valence-corrected chi connectivity index (χ0v) is 36.2. The van der Waals surface area contributed by atoms with Crippen LogP contribution in [-0.2, 0) is 10.8 Å². The van der Waals surface area contributed by atoms with Crippen LogP contribution in [0.4, 0.5) is 0 Å². The Morgan fingerprint density at radius 1 is 0.524 bits per heavy atom. The quantitative estimate of drug-likeness (QED) is 0.178. The molecule has 2 nitrogen and oxygen atoms in total. The minimum atomic E-state index is -0.109. The number of hydrogen-bond acceptors (Lipinski definition) is 2. The standard InChI is InChI=1S/C61H52N2/c1-60(2)52-30-18-28-47(55(52)50-39-54-49(38-53(50)60)48-27-13-14-29-51(48)61(54)35-15-6-16-36-61)46-26-17-25-45(37-46)40-31-33-44(34-32-40)59-58(43-23-11-5-12-24-43)62-56(41-19-7-3-8-20-41)57(63-59)42-21-9-4-10-22-42/h3-5,7-14,17-34,37-39,49,54,57,63H,6,15-16,35-36H2,1-2H3. The molecule has 7 aromatic carbocycles. The summed E-state index contributed by atoms with van der Waals surface area (Å²) in [5.41, 5.74) is 21.8. The largest absolute Gasteiger partial charge is 0.370 e. The zero-order chi connectivity index (χ0) is 42.1. The number of nitrogens with zero attached hydrogens (tertiary/aromatic N) is 1. The molecule has 63 heavy (non-hydrogen) atoms. The smallest absolute Gasteiger partial charge is 0.0947 e. The first kappa shape index (κ1) is 37.9. The second-order valence-corrected chi connectivity index (χ2v) is 19.0. The monoisotopic (exact) mass is 812 g/mol. The SMILES string of the molecule is CC1(C)C2=CC3c4ccccc4C4(CCCCC4)C3C=C2c2c(-c3cccc(-c4ccc(C5=C(c6ccccc6)N=C(c6ccccc6)C(c6ccccc6)N5)cc4)c3)cccc21. The summed E-state index contributed by atoms with van der Waals surface area (Å²) in [5, 5.41) is 4.00. The van der Waals surface area contributed by atoms with E-state index in [0.29, 0.717) is 11.8 Å². The van der Waals surface area contributed by atoms with Gasteiger partial charge in [0.1, 0.15) is 0 Å².